The van der Waals surface area contributed by atoms with E-state index in [4.69, 9.17) is 16.7 Å². The number of phenols is 1. The molecular weight excluding hydrogens is 678 g/mol. The number of primary amides is 1. The van der Waals surface area contributed by atoms with Crippen molar-refractivity contribution in [1.29, 1.82) is 0 Å². The fourth-order valence-electron chi connectivity index (χ4n) is 5.72. The topological polar surface area (TPSA) is 287 Å². The number of hydrogen-bond donors (Lipinski definition) is 10. The molecule has 0 aromatic heterocycles. The minimum absolute atomic E-state index is 0.00452. The largest absolute Gasteiger partial charge is 0.508 e. The summed E-state index contributed by atoms with van der Waals surface area (Å²) in [6, 6.07) is -0.318. The lowest BCUT2D eigenvalue weighted by Gasteiger charge is -2.31. The first-order chi connectivity index (χ1) is 24.6. The molecule has 18 heteroatoms. The number of nitrogens with one attached hydrogen (secondary N) is 6. The van der Waals surface area contributed by atoms with Crippen LogP contribution in [0.2, 0.25) is 0 Å². The number of amides is 7. The van der Waals surface area contributed by atoms with Gasteiger partial charge in [0, 0.05) is 13.0 Å². The van der Waals surface area contributed by atoms with Crippen molar-refractivity contribution in [2.24, 2.45) is 17.4 Å². The zero-order valence-electron chi connectivity index (χ0n) is 30.3. The lowest BCUT2D eigenvalue weighted by atomic mass is 10.0. The summed E-state index contributed by atoms with van der Waals surface area (Å²) >= 11 is 0. The Morgan fingerprint density at radius 3 is 2.00 bits per heavy atom. The average molecular weight is 734 g/mol. The third-order valence-corrected chi connectivity index (χ3v) is 8.54. The summed E-state index contributed by atoms with van der Waals surface area (Å²) in [7, 11) is 0. The van der Waals surface area contributed by atoms with Crippen molar-refractivity contribution in [2.75, 3.05) is 19.6 Å². The number of hydrogen-bond acceptors (Lipinski definition) is 11. The minimum Gasteiger partial charge on any atom is -0.508 e. The highest BCUT2D eigenvalue weighted by atomic mass is 16.5. The number of hydroxylamine groups is 1. The number of aromatic hydroxyl groups is 1. The molecule has 7 amide bonds. The summed E-state index contributed by atoms with van der Waals surface area (Å²) in [6.45, 7) is 6.68. The third-order valence-electron chi connectivity index (χ3n) is 8.54. The average Bonchev–Trinajstić information content (AvgIpc) is 3.58. The van der Waals surface area contributed by atoms with Crippen LogP contribution in [-0.4, -0.2) is 112 Å². The molecule has 1 heterocycles. The first kappa shape index (κ1) is 43.4. The molecule has 290 valence electrons. The molecule has 0 bridgehead atoms. The maximum Gasteiger partial charge on any atom is 0.246 e. The Morgan fingerprint density at radius 2 is 1.42 bits per heavy atom. The number of nitrogens with two attached hydrogens (primary N) is 2. The van der Waals surface area contributed by atoms with Gasteiger partial charge in [-0.25, -0.2) is 0 Å². The van der Waals surface area contributed by atoms with Crippen LogP contribution in [0.5, 0.6) is 5.75 Å². The Kier molecular flexibility index (Phi) is 18.0. The van der Waals surface area contributed by atoms with E-state index < -0.39 is 84.1 Å². The maximum atomic E-state index is 14.2. The van der Waals surface area contributed by atoms with E-state index in [-0.39, 0.29) is 37.5 Å². The summed E-state index contributed by atoms with van der Waals surface area (Å²) in [4.78, 5) is 92.3. The van der Waals surface area contributed by atoms with Gasteiger partial charge in [0.05, 0.1) is 6.54 Å². The van der Waals surface area contributed by atoms with Crippen molar-refractivity contribution < 1.29 is 43.9 Å². The second kappa shape index (κ2) is 21.5. The van der Waals surface area contributed by atoms with Gasteiger partial charge < -0.3 is 53.3 Å². The Morgan fingerprint density at radius 1 is 0.827 bits per heavy atom. The van der Waals surface area contributed by atoms with Crippen molar-refractivity contribution in [3.8, 4) is 5.75 Å². The fourth-order valence-corrected chi connectivity index (χ4v) is 5.72. The SMILES string of the molecule is CC(C)C[C@H](NC(=O)[C@H](C)NC(=O)[C@@H]1CCCN1C(=O)[C@H](Cc1ccc(O)cc1)NC(=O)[C@H](CCCCN)NC(=O)[C@H](C)NC(=O)CNO)C(N)=O. The Hall–Kier alpha value is -4.81. The first-order valence-corrected chi connectivity index (χ1v) is 17.5. The quantitative estimate of drug-likeness (QED) is 0.0488. The number of rotatable bonds is 21. The standard InChI is InChI=1S/C34H55N9O9/c1-19(2)16-25(29(36)46)41-31(48)21(4)39-33(50)27-9-7-15-43(27)34(51)26(17-22-10-12-23(44)13-11-22)42-32(49)24(8-5-6-14-35)40-30(47)20(3)38-28(45)18-37-52/h10-13,19-21,24-27,37,44,52H,5-9,14-18,35H2,1-4H3,(H2,36,46)(H,38,45)(H,39,50)(H,40,47)(H,41,48)(H,42,49)/t20-,21-,24-,25-,26-,27-/m0/s1. The first-order valence-electron chi connectivity index (χ1n) is 17.5. The number of benzene rings is 1. The van der Waals surface area contributed by atoms with Gasteiger partial charge in [0.25, 0.3) is 0 Å². The van der Waals surface area contributed by atoms with Gasteiger partial charge in [-0.1, -0.05) is 26.0 Å². The second-order valence-corrected chi connectivity index (χ2v) is 13.4. The van der Waals surface area contributed by atoms with Crippen LogP contribution >= 0.6 is 0 Å². The van der Waals surface area contributed by atoms with Gasteiger partial charge in [-0.05, 0) is 82.5 Å². The molecule has 12 N–H and O–H groups in total. The van der Waals surface area contributed by atoms with Crippen LogP contribution in [-0.2, 0) is 40.0 Å². The van der Waals surface area contributed by atoms with Gasteiger partial charge in [-0.3, -0.25) is 33.6 Å². The number of likely N-dealkylation sites (tertiary alicyclic amines) is 1. The van der Waals surface area contributed by atoms with Crippen LogP contribution in [0.3, 0.4) is 0 Å². The molecule has 1 fully saturated rings. The molecule has 1 aliphatic heterocycles. The van der Waals surface area contributed by atoms with Crippen molar-refractivity contribution in [3.05, 3.63) is 29.8 Å². The zero-order chi connectivity index (χ0) is 39.0. The van der Waals surface area contributed by atoms with Crippen LogP contribution in [0.1, 0.15) is 71.8 Å². The number of carbonyl (C=O) groups is 7. The monoisotopic (exact) mass is 733 g/mol. The highest BCUT2D eigenvalue weighted by Crippen LogP contribution is 2.21. The van der Waals surface area contributed by atoms with Crippen LogP contribution < -0.4 is 43.5 Å². The highest BCUT2D eigenvalue weighted by molar-refractivity contribution is 5.97. The van der Waals surface area contributed by atoms with E-state index in [1.807, 2.05) is 13.8 Å². The van der Waals surface area contributed by atoms with Gasteiger partial charge in [0.1, 0.15) is 42.0 Å². The number of nitrogens with zero attached hydrogens (tertiary/aromatic N) is 1. The fraction of sp³-hybridized carbons (Fsp3) is 0.618. The van der Waals surface area contributed by atoms with Crippen LogP contribution in [0, 0.1) is 5.92 Å². The van der Waals surface area contributed by atoms with E-state index in [0.29, 0.717) is 37.8 Å². The van der Waals surface area contributed by atoms with Crippen molar-refractivity contribution in [2.45, 2.75) is 109 Å². The number of carbonyl (C=O) groups excluding carboxylic acids is 7. The van der Waals surface area contributed by atoms with E-state index in [1.165, 1.54) is 30.9 Å². The molecule has 0 spiro atoms. The molecule has 6 atom stereocenters. The van der Waals surface area contributed by atoms with E-state index in [0.717, 1.165) is 0 Å². The van der Waals surface area contributed by atoms with Gasteiger partial charge in [0.15, 0.2) is 0 Å². The summed E-state index contributed by atoms with van der Waals surface area (Å²) in [6.07, 6.45) is 2.21. The van der Waals surface area contributed by atoms with E-state index >= 15 is 0 Å². The van der Waals surface area contributed by atoms with Crippen molar-refractivity contribution in [1.82, 2.24) is 37.0 Å². The number of phenolic OH excluding ortho intramolecular Hbond substituents is 1. The van der Waals surface area contributed by atoms with Crippen LogP contribution in [0.4, 0.5) is 0 Å². The predicted octanol–water partition coefficient (Wildman–Crippen LogP) is -1.97. The van der Waals surface area contributed by atoms with E-state index in [9.17, 15) is 38.7 Å². The molecule has 1 saturated heterocycles. The Bertz CT molecular complexity index is 1390. The lowest BCUT2D eigenvalue weighted by molar-refractivity contribution is -0.142. The van der Waals surface area contributed by atoms with E-state index in [2.05, 4.69) is 26.6 Å². The molecule has 1 aromatic carbocycles. The second-order valence-electron chi connectivity index (χ2n) is 13.4. The highest BCUT2D eigenvalue weighted by Gasteiger charge is 2.39. The minimum atomic E-state index is -1.21. The molecule has 2 rings (SSSR count). The molecule has 52 heavy (non-hydrogen) atoms. The van der Waals surface area contributed by atoms with Gasteiger partial charge in [0.2, 0.25) is 41.4 Å². The van der Waals surface area contributed by atoms with Crippen molar-refractivity contribution in [3.63, 3.8) is 0 Å². The van der Waals surface area contributed by atoms with E-state index in [1.54, 1.807) is 17.6 Å². The van der Waals surface area contributed by atoms with Crippen LogP contribution in [0.25, 0.3) is 0 Å². The summed E-state index contributed by atoms with van der Waals surface area (Å²) in [5, 5.41) is 31.5. The molecule has 0 unspecified atom stereocenters. The van der Waals surface area contributed by atoms with Crippen molar-refractivity contribution >= 4 is 41.4 Å². The predicted molar refractivity (Wildman–Crippen MR) is 189 cm³/mol. The molecule has 0 radical (unpaired) electrons. The summed E-state index contributed by atoms with van der Waals surface area (Å²) < 4.78 is 0. The smallest absolute Gasteiger partial charge is 0.246 e. The molecule has 1 aliphatic rings. The van der Waals surface area contributed by atoms with Gasteiger partial charge >= 0.3 is 0 Å². The summed E-state index contributed by atoms with van der Waals surface area (Å²) in [5.74, 6) is -4.45. The Labute approximate surface area is 303 Å². The maximum absolute atomic E-state index is 14.2. The Balaban J connectivity index is 2.28. The third kappa shape index (κ3) is 14.1. The lowest BCUT2D eigenvalue weighted by Crippen LogP contribution is -2.59. The summed E-state index contributed by atoms with van der Waals surface area (Å²) in [5.41, 5.74) is 13.4. The zero-order valence-corrected chi connectivity index (χ0v) is 30.3. The molecule has 0 saturated carbocycles. The van der Waals surface area contributed by atoms with Gasteiger partial charge in [-0.15, -0.1) is 0 Å². The van der Waals surface area contributed by atoms with Gasteiger partial charge in [-0.2, -0.15) is 5.48 Å². The number of unbranched alkanes of at least 4 members (excludes halogenated alkanes) is 1. The molecule has 0 aliphatic carbocycles. The molecular formula is C34H55N9O9. The normalized spacial score (nSPS) is 16.9. The molecule has 1 aromatic rings. The molecule has 18 nitrogen and oxygen atoms in total. The van der Waals surface area contributed by atoms with Crippen LogP contribution in [0.15, 0.2) is 24.3 Å².